The molecule has 0 bridgehead atoms. The van der Waals surface area contributed by atoms with Crippen LogP contribution in [0.1, 0.15) is 30.6 Å². The number of hydrogen-bond acceptors (Lipinski definition) is 4. The number of nitrogens with one attached hydrogen (secondary N) is 1. The van der Waals surface area contributed by atoms with E-state index in [1.807, 2.05) is 13.8 Å². The van der Waals surface area contributed by atoms with Gasteiger partial charge >= 0.3 is 0 Å². The van der Waals surface area contributed by atoms with Gasteiger partial charge in [0.25, 0.3) is 15.9 Å². The van der Waals surface area contributed by atoms with Crippen LogP contribution in [0.25, 0.3) is 0 Å². The first-order chi connectivity index (χ1) is 10.9. The van der Waals surface area contributed by atoms with Crippen molar-refractivity contribution in [2.75, 3.05) is 11.4 Å². The van der Waals surface area contributed by atoms with E-state index in [0.29, 0.717) is 15.5 Å². The smallest absolute Gasteiger partial charge is 0.273 e. The summed E-state index contributed by atoms with van der Waals surface area (Å²) in [5.41, 5.74) is 1.02. The Kier molecular flexibility index (Phi) is 5.43. The molecule has 0 aliphatic carbocycles. The van der Waals surface area contributed by atoms with Crippen LogP contribution in [-0.4, -0.2) is 27.4 Å². The molecular formula is C16H20N2O3S2. The normalized spacial score (nSPS) is 12.7. The molecular weight excluding hydrogens is 332 g/mol. The molecule has 0 aliphatic heterocycles. The summed E-state index contributed by atoms with van der Waals surface area (Å²) in [5.74, 6) is -0.158. The van der Waals surface area contributed by atoms with E-state index >= 15 is 0 Å². The molecule has 1 aromatic heterocycles. The number of thiophene rings is 1. The lowest BCUT2D eigenvalue weighted by atomic mass is 10.1. The van der Waals surface area contributed by atoms with Gasteiger partial charge in [0.05, 0.1) is 5.69 Å². The van der Waals surface area contributed by atoms with Crippen LogP contribution in [-0.2, 0) is 10.0 Å². The van der Waals surface area contributed by atoms with Crippen molar-refractivity contribution in [2.45, 2.75) is 30.5 Å². The Bertz CT molecular complexity index is 753. The van der Waals surface area contributed by atoms with Gasteiger partial charge in [0, 0.05) is 18.7 Å². The van der Waals surface area contributed by atoms with Crippen LogP contribution in [0.15, 0.2) is 46.0 Å². The number of hydrogen-bond donors (Lipinski definition) is 1. The summed E-state index contributed by atoms with van der Waals surface area (Å²) in [6, 6.07) is 9.91. The molecule has 0 radical (unpaired) electrons. The maximum absolute atomic E-state index is 12.5. The summed E-state index contributed by atoms with van der Waals surface area (Å²) in [6.07, 6.45) is 0.853. The molecule has 7 heteroatoms. The van der Waals surface area contributed by atoms with Gasteiger partial charge in [0.1, 0.15) is 4.21 Å². The molecule has 2 aromatic rings. The van der Waals surface area contributed by atoms with Crippen LogP contribution in [0.4, 0.5) is 5.69 Å². The number of anilines is 1. The highest BCUT2D eigenvalue weighted by Gasteiger charge is 2.22. The van der Waals surface area contributed by atoms with Crippen molar-refractivity contribution >= 4 is 33.0 Å². The van der Waals surface area contributed by atoms with E-state index in [1.54, 1.807) is 41.8 Å². The molecule has 1 atom stereocenters. The number of rotatable bonds is 6. The van der Waals surface area contributed by atoms with Crippen LogP contribution in [0.3, 0.4) is 0 Å². The van der Waals surface area contributed by atoms with Crippen molar-refractivity contribution in [1.29, 1.82) is 0 Å². The number of carbonyl (C=O) groups is 1. The van der Waals surface area contributed by atoms with Gasteiger partial charge in [-0.3, -0.25) is 9.10 Å². The lowest BCUT2D eigenvalue weighted by molar-refractivity contribution is 0.0939. The topological polar surface area (TPSA) is 66.5 Å². The molecule has 0 saturated carbocycles. The van der Waals surface area contributed by atoms with Gasteiger partial charge in [0.15, 0.2) is 0 Å². The van der Waals surface area contributed by atoms with Crippen molar-refractivity contribution in [3.63, 3.8) is 0 Å². The Morgan fingerprint density at radius 1 is 1.26 bits per heavy atom. The number of nitrogens with zero attached hydrogens (tertiary/aromatic N) is 1. The summed E-state index contributed by atoms with van der Waals surface area (Å²) in [7, 11) is -2.05. The van der Waals surface area contributed by atoms with Crippen molar-refractivity contribution in [1.82, 2.24) is 5.32 Å². The first-order valence-corrected chi connectivity index (χ1v) is 9.61. The minimum atomic E-state index is -3.55. The maximum atomic E-state index is 12.5. The van der Waals surface area contributed by atoms with E-state index < -0.39 is 10.0 Å². The van der Waals surface area contributed by atoms with Gasteiger partial charge in [-0.05, 0) is 49.1 Å². The largest absolute Gasteiger partial charge is 0.350 e. The molecule has 1 N–H and O–H groups in total. The third-order valence-electron chi connectivity index (χ3n) is 3.59. The van der Waals surface area contributed by atoms with E-state index in [2.05, 4.69) is 5.32 Å². The van der Waals surface area contributed by atoms with Gasteiger partial charge in [-0.1, -0.05) is 13.0 Å². The minimum absolute atomic E-state index is 0.101. The second kappa shape index (κ2) is 7.14. The molecule has 1 heterocycles. The summed E-state index contributed by atoms with van der Waals surface area (Å²) in [5, 5.41) is 4.60. The zero-order valence-corrected chi connectivity index (χ0v) is 14.9. The highest BCUT2D eigenvalue weighted by molar-refractivity contribution is 7.94. The zero-order chi connectivity index (χ0) is 17.0. The molecule has 0 fully saturated rings. The molecule has 0 aliphatic rings. The van der Waals surface area contributed by atoms with Gasteiger partial charge in [-0.15, -0.1) is 11.3 Å². The SMILES string of the molecule is CC[C@H](C)NC(=O)c1ccc(N(C)S(=O)(=O)c2cccs2)cc1. The van der Waals surface area contributed by atoms with Crippen LogP contribution in [0, 0.1) is 0 Å². The third-order valence-corrected chi connectivity index (χ3v) is 6.75. The number of carbonyl (C=O) groups excluding carboxylic acids is 1. The Morgan fingerprint density at radius 2 is 1.91 bits per heavy atom. The van der Waals surface area contributed by atoms with Gasteiger partial charge in [-0.25, -0.2) is 8.42 Å². The van der Waals surface area contributed by atoms with Gasteiger partial charge < -0.3 is 5.32 Å². The van der Waals surface area contributed by atoms with Crippen LogP contribution < -0.4 is 9.62 Å². The maximum Gasteiger partial charge on any atom is 0.273 e. The molecule has 0 spiro atoms. The van der Waals surface area contributed by atoms with E-state index in [9.17, 15) is 13.2 Å². The summed E-state index contributed by atoms with van der Waals surface area (Å²) in [6.45, 7) is 3.94. The van der Waals surface area contributed by atoms with E-state index in [1.165, 1.54) is 22.7 Å². The van der Waals surface area contributed by atoms with Gasteiger partial charge in [-0.2, -0.15) is 0 Å². The molecule has 0 saturated heterocycles. The van der Waals surface area contributed by atoms with Crippen molar-refractivity contribution < 1.29 is 13.2 Å². The molecule has 2 rings (SSSR count). The zero-order valence-electron chi connectivity index (χ0n) is 13.3. The van der Waals surface area contributed by atoms with Crippen LogP contribution in [0.5, 0.6) is 0 Å². The average Bonchev–Trinajstić information content (AvgIpc) is 3.09. The van der Waals surface area contributed by atoms with Crippen molar-refractivity contribution in [3.8, 4) is 0 Å². The lowest BCUT2D eigenvalue weighted by Gasteiger charge is -2.19. The Balaban J connectivity index is 2.18. The van der Waals surface area contributed by atoms with Crippen LogP contribution in [0.2, 0.25) is 0 Å². The summed E-state index contributed by atoms with van der Waals surface area (Å²) in [4.78, 5) is 12.0. The molecule has 1 aromatic carbocycles. The molecule has 5 nitrogen and oxygen atoms in total. The molecule has 124 valence electrons. The van der Waals surface area contributed by atoms with Crippen molar-refractivity contribution in [3.05, 3.63) is 47.3 Å². The average molecular weight is 352 g/mol. The Labute approximate surface area is 141 Å². The molecule has 1 amide bonds. The standard InChI is InChI=1S/C16H20N2O3S2/c1-4-12(2)17-16(19)13-7-9-14(10-8-13)18(3)23(20,21)15-6-5-11-22-15/h5-12H,4H2,1-3H3,(H,17,19)/t12-/m0/s1. The molecule has 23 heavy (non-hydrogen) atoms. The second-order valence-electron chi connectivity index (χ2n) is 5.23. The second-order valence-corrected chi connectivity index (χ2v) is 8.38. The van der Waals surface area contributed by atoms with Gasteiger partial charge in [0.2, 0.25) is 0 Å². The van der Waals surface area contributed by atoms with E-state index in [0.717, 1.165) is 6.42 Å². The quantitative estimate of drug-likeness (QED) is 0.869. The number of sulfonamides is 1. The highest BCUT2D eigenvalue weighted by Crippen LogP contribution is 2.25. The summed E-state index contributed by atoms with van der Waals surface area (Å²) < 4.78 is 26.4. The van der Waals surface area contributed by atoms with Crippen LogP contribution >= 0.6 is 11.3 Å². The van der Waals surface area contributed by atoms with E-state index in [4.69, 9.17) is 0 Å². The first kappa shape index (κ1) is 17.5. The number of benzene rings is 1. The Hall–Kier alpha value is -1.86. The lowest BCUT2D eigenvalue weighted by Crippen LogP contribution is -2.32. The van der Waals surface area contributed by atoms with Crippen molar-refractivity contribution in [2.24, 2.45) is 0 Å². The Morgan fingerprint density at radius 3 is 2.43 bits per heavy atom. The fraction of sp³-hybridized carbons (Fsp3) is 0.312. The predicted octanol–water partition coefficient (Wildman–Crippen LogP) is 3.10. The predicted molar refractivity (Wildman–Crippen MR) is 93.6 cm³/mol. The fourth-order valence-electron chi connectivity index (χ4n) is 1.92. The fourth-order valence-corrected chi connectivity index (χ4v) is 4.27. The number of amides is 1. The third kappa shape index (κ3) is 3.92. The summed E-state index contributed by atoms with van der Waals surface area (Å²) >= 11 is 1.18. The first-order valence-electron chi connectivity index (χ1n) is 7.29. The minimum Gasteiger partial charge on any atom is -0.350 e. The monoisotopic (exact) mass is 352 g/mol. The molecule has 0 unspecified atom stereocenters. The van der Waals surface area contributed by atoms with E-state index in [-0.39, 0.29) is 11.9 Å². The highest BCUT2D eigenvalue weighted by atomic mass is 32.2.